The van der Waals surface area contributed by atoms with Gasteiger partial charge in [0.15, 0.2) is 0 Å². The van der Waals surface area contributed by atoms with Gasteiger partial charge in [-0.2, -0.15) is 4.98 Å². The molecule has 3 heterocycles. The number of fused-ring (bicyclic) bond motifs is 1. The van der Waals surface area contributed by atoms with Crippen molar-refractivity contribution in [2.45, 2.75) is 11.4 Å². The topological polar surface area (TPSA) is 104 Å². The summed E-state index contributed by atoms with van der Waals surface area (Å²) in [7, 11) is -1.59. The maximum Gasteiger partial charge on any atom is 0.238 e. The van der Waals surface area contributed by atoms with Gasteiger partial charge in [0.2, 0.25) is 16.0 Å². The van der Waals surface area contributed by atoms with Gasteiger partial charge in [-0.05, 0) is 30.3 Å². The number of likely N-dealkylation sites (N-methyl/N-ethyl adjacent to an activating group) is 1. The summed E-state index contributed by atoms with van der Waals surface area (Å²) in [6.45, 7) is 4.20. The van der Waals surface area contributed by atoms with Crippen molar-refractivity contribution >= 4 is 43.3 Å². The van der Waals surface area contributed by atoms with Gasteiger partial charge in [0.05, 0.1) is 10.3 Å². The number of nitrogens with zero attached hydrogens (tertiary/aromatic N) is 4. The highest BCUT2D eigenvalue weighted by atomic mass is 32.2. The first-order valence-electron chi connectivity index (χ1n) is 11.0. The Hall–Kier alpha value is -3.05. The number of rotatable bonds is 6. The second-order valence-electron chi connectivity index (χ2n) is 8.40. The van der Waals surface area contributed by atoms with Crippen molar-refractivity contribution in [1.82, 2.24) is 14.9 Å². The summed E-state index contributed by atoms with van der Waals surface area (Å²) in [5.74, 6) is 1.50. The molecule has 0 bridgehead atoms. The summed E-state index contributed by atoms with van der Waals surface area (Å²) in [5.41, 5.74) is 3.14. The predicted molar refractivity (Wildman–Crippen MR) is 138 cm³/mol. The van der Waals surface area contributed by atoms with Gasteiger partial charge in [0.25, 0.3) is 0 Å². The van der Waals surface area contributed by atoms with Crippen LogP contribution in [0.1, 0.15) is 5.56 Å². The summed E-state index contributed by atoms with van der Waals surface area (Å²) in [6.07, 6.45) is 0. The van der Waals surface area contributed by atoms with Gasteiger partial charge in [0.1, 0.15) is 10.6 Å². The molecule has 34 heavy (non-hydrogen) atoms. The lowest BCUT2D eigenvalue weighted by Gasteiger charge is -2.32. The Labute approximate surface area is 203 Å². The first-order chi connectivity index (χ1) is 16.4. The summed E-state index contributed by atoms with van der Waals surface area (Å²) >= 11 is 1.62. The molecule has 8 nitrogen and oxygen atoms in total. The number of sulfonamides is 1. The van der Waals surface area contributed by atoms with Crippen molar-refractivity contribution in [3.63, 3.8) is 0 Å². The zero-order valence-corrected chi connectivity index (χ0v) is 20.4. The molecule has 0 atom stereocenters. The Balaban J connectivity index is 1.51. The van der Waals surface area contributed by atoms with Gasteiger partial charge < -0.3 is 15.1 Å². The van der Waals surface area contributed by atoms with Crippen LogP contribution in [0.25, 0.3) is 21.3 Å². The maximum atomic E-state index is 11.6. The molecule has 1 fully saturated rings. The summed E-state index contributed by atoms with van der Waals surface area (Å²) in [5, 5.41) is 11.8. The highest BCUT2D eigenvalue weighted by Crippen LogP contribution is 2.38. The van der Waals surface area contributed by atoms with E-state index in [1.54, 1.807) is 23.5 Å². The number of aromatic nitrogens is 2. The minimum absolute atomic E-state index is 0.0993. The Morgan fingerprint density at radius 3 is 2.38 bits per heavy atom. The smallest absolute Gasteiger partial charge is 0.238 e. The van der Waals surface area contributed by atoms with Crippen LogP contribution in [0.15, 0.2) is 64.9 Å². The molecule has 4 aromatic rings. The van der Waals surface area contributed by atoms with Gasteiger partial charge in [0, 0.05) is 43.7 Å². The van der Waals surface area contributed by atoms with E-state index in [1.165, 1.54) is 12.1 Å². The second kappa shape index (κ2) is 9.30. The minimum Gasteiger partial charge on any atom is -0.365 e. The third kappa shape index (κ3) is 4.76. The molecule has 1 aliphatic heterocycles. The van der Waals surface area contributed by atoms with Crippen LogP contribution in [0.5, 0.6) is 0 Å². The number of anilines is 2. The molecular formula is C24H26N6O2S2. The molecule has 5 rings (SSSR count). The predicted octanol–water partition coefficient (Wildman–Crippen LogP) is 3.37. The van der Waals surface area contributed by atoms with Crippen molar-refractivity contribution in [3.8, 4) is 11.1 Å². The number of hydrogen-bond donors (Lipinski definition) is 2. The molecule has 2 aromatic heterocycles. The standard InChI is InChI=1S/C24H26N6O2S2/c1-29-11-13-30(14-12-29)24-27-22(26-15-17-7-9-19(10-8-17)34(25,31)32)21-20(16-33-23(21)28-24)18-5-3-2-4-6-18/h2-10,16H,11-15H2,1H3,(H2,25,31,32)(H,26,27,28). The van der Waals surface area contributed by atoms with Crippen LogP contribution in [0.3, 0.4) is 0 Å². The van der Waals surface area contributed by atoms with E-state index in [2.05, 4.69) is 39.7 Å². The number of thiophene rings is 1. The van der Waals surface area contributed by atoms with Gasteiger partial charge in [-0.3, -0.25) is 0 Å². The molecule has 0 unspecified atom stereocenters. The lowest BCUT2D eigenvalue weighted by Crippen LogP contribution is -2.45. The molecule has 10 heteroatoms. The van der Waals surface area contributed by atoms with Crippen LogP contribution in [0.2, 0.25) is 0 Å². The van der Waals surface area contributed by atoms with E-state index in [9.17, 15) is 8.42 Å². The highest BCUT2D eigenvalue weighted by Gasteiger charge is 2.21. The SMILES string of the molecule is CN1CCN(c2nc(NCc3ccc(S(N)(=O)=O)cc3)c3c(-c4ccccc4)csc3n2)CC1. The number of nitrogens with one attached hydrogen (secondary N) is 1. The fraction of sp³-hybridized carbons (Fsp3) is 0.250. The van der Waals surface area contributed by atoms with Crippen LogP contribution in [-0.2, 0) is 16.6 Å². The molecule has 0 spiro atoms. The zero-order chi connectivity index (χ0) is 23.7. The van der Waals surface area contributed by atoms with Crippen LogP contribution in [0, 0.1) is 0 Å². The normalized spacial score (nSPS) is 15.1. The number of primary sulfonamides is 1. The molecule has 0 saturated carbocycles. The Kier molecular flexibility index (Phi) is 6.22. The lowest BCUT2D eigenvalue weighted by atomic mass is 10.1. The third-order valence-electron chi connectivity index (χ3n) is 6.00. The Morgan fingerprint density at radius 1 is 1.00 bits per heavy atom. The first-order valence-corrected chi connectivity index (χ1v) is 13.4. The van der Waals surface area contributed by atoms with E-state index < -0.39 is 10.0 Å². The average Bonchev–Trinajstić information content (AvgIpc) is 3.27. The van der Waals surface area contributed by atoms with E-state index in [0.29, 0.717) is 6.54 Å². The molecule has 2 aromatic carbocycles. The van der Waals surface area contributed by atoms with Crippen molar-refractivity contribution in [2.75, 3.05) is 43.4 Å². The van der Waals surface area contributed by atoms with E-state index in [-0.39, 0.29) is 4.90 Å². The molecule has 0 amide bonds. The molecule has 3 N–H and O–H groups in total. The van der Waals surface area contributed by atoms with E-state index in [0.717, 1.165) is 64.9 Å². The van der Waals surface area contributed by atoms with Gasteiger partial charge in [-0.15, -0.1) is 11.3 Å². The van der Waals surface area contributed by atoms with Crippen LogP contribution >= 0.6 is 11.3 Å². The average molecular weight is 495 g/mol. The van der Waals surface area contributed by atoms with E-state index in [1.807, 2.05) is 18.2 Å². The van der Waals surface area contributed by atoms with Gasteiger partial charge >= 0.3 is 0 Å². The van der Waals surface area contributed by atoms with Crippen molar-refractivity contribution in [2.24, 2.45) is 5.14 Å². The molecule has 0 radical (unpaired) electrons. The minimum atomic E-state index is -3.71. The molecule has 1 saturated heterocycles. The molecule has 0 aliphatic carbocycles. The van der Waals surface area contributed by atoms with Crippen LogP contribution in [0.4, 0.5) is 11.8 Å². The Morgan fingerprint density at radius 2 is 1.71 bits per heavy atom. The summed E-state index contributed by atoms with van der Waals surface area (Å²) in [4.78, 5) is 15.4. The van der Waals surface area contributed by atoms with E-state index in [4.69, 9.17) is 15.1 Å². The summed E-state index contributed by atoms with van der Waals surface area (Å²) < 4.78 is 23.1. The van der Waals surface area contributed by atoms with Crippen molar-refractivity contribution < 1.29 is 8.42 Å². The third-order valence-corrected chi connectivity index (χ3v) is 7.81. The fourth-order valence-electron chi connectivity index (χ4n) is 4.02. The maximum absolute atomic E-state index is 11.6. The number of nitrogens with two attached hydrogens (primary N) is 1. The van der Waals surface area contributed by atoms with Gasteiger partial charge in [-0.25, -0.2) is 18.5 Å². The monoisotopic (exact) mass is 494 g/mol. The molecule has 176 valence electrons. The highest BCUT2D eigenvalue weighted by molar-refractivity contribution is 7.89. The van der Waals surface area contributed by atoms with Gasteiger partial charge in [-0.1, -0.05) is 42.5 Å². The molecule has 1 aliphatic rings. The Bertz CT molecular complexity index is 1400. The summed E-state index contributed by atoms with van der Waals surface area (Å²) in [6, 6.07) is 16.8. The second-order valence-corrected chi connectivity index (χ2v) is 10.8. The largest absolute Gasteiger partial charge is 0.365 e. The quantitative estimate of drug-likeness (QED) is 0.423. The fourth-order valence-corrected chi connectivity index (χ4v) is 5.48. The van der Waals surface area contributed by atoms with E-state index >= 15 is 0 Å². The number of piperazine rings is 1. The zero-order valence-electron chi connectivity index (χ0n) is 18.8. The lowest BCUT2D eigenvalue weighted by molar-refractivity contribution is 0.311. The van der Waals surface area contributed by atoms with Crippen LogP contribution < -0.4 is 15.4 Å². The first kappa shape index (κ1) is 22.7. The number of hydrogen-bond acceptors (Lipinski definition) is 8. The number of benzene rings is 2. The van der Waals surface area contributed by atoms with Crippen LogP contribution in [-0.4, -0.2) is 56.5 Å². The molecular weight excluding hydrogens is 468 g/mol. The van der Waals surface area contributed by atoms with Crippen molar-refractivity contribution in [1.29, 1.82) is 0 Å². The van der Waals surface area contributed by atoms with Crippen molar-refractivity contribution in [3.05, 3.63) is 65.5 Å².